The Morgan fingerprint density at radius 2 is 0.700 bits per heavy atom. The van der Waals surface area contributed by atoms with Gasteiger partial charge in [0, 0.05) is 10.8 Å². The van der Waals surface area contributed by atoms with Crippen molar-refractivity contribution in [3.8, 4) is 11.1 Å². The van der Waals surface area contributed by atoms with Crippen LogP contribution in [0.2, 0.25) is 0 Å². The third kappa shape index (κ3) is 12.2. The number of hydrogen-bond acceptors (Lipinski definition) is 1. The molecule has 0 fully saturated rings. The van der Waals surface area contributed by atoms with Gasteiger partial charge in [0.15, 0.2) is 0 Å². The van der Waals surface area contributed by atoms with E-state index in [0.29, 0.717) is 0 Å². The van der Waals surface area contributed by atoms with Gasteiger partial charge >= 0.3 is 0 Å². The summed E-state index contributed by atoms with van der Waals surface area (Å²) in [5, 5.41) is 2.39. The van der Waals surface area contributed by atoms with Crippen molar-refractivity contribution in [2.75, 3.05) is 0 Å². The van der Waals surface area contributed by atoms with Crippen LogP contribution in [0.3, 0.4) is 0 Å². The van der Waals surface area contributed by atoms with Crippen molar-refractivity contribution in [3.05, 3.63) is 108 Å². The van der Waals surface area contributed by atoms with Gasteiger partial charge in [-0.2, -0.15) is 0 Å². The van der Waals surface area contributed by atoms with E-state index >= 15 is 0 Å². The quantitative estimate of drug-likeness (QED) is 0.186. The van der Waals surface area contributed by atoms with Gasteiger partial charge < -0.3 is 4.42 Å². The molecule has 1 heterocycles. The summed E-state index contributed by atoms with van der Waals surface area (Å²) in [5.41, 5.74) is 7.68. The molecule has 220 valence electrons. The topological polar surface area (TPSA) is 13.1 Å². The van der Waals surface area contributed by atoms with E-state index in [1.807, 2.05) is 91.8 Å². The summed E-state index contributed by atoms with van der Waals surface area (Å²) in [7, 11) is 0. The first-order valence-electron chi connectivity index (χ1n) is 15.8. The van der Waals surface area contributed by atoms with Crippen LogP contribution in [0.4, 0.5) is 0 Å². The van der Waals surface area contributed by atoms with Crippen molar-refractivity contribution < 1.29 is 4.42 Å². The van der Waals surface area contributed by atoms with Gasteiger partial charge in [-0.05, 0) is 40.8 Å². The number of fused-ring (bicyclic) bond motifs is 6. The van der Waals surface area contributed by atoms with E-state index in [-0.39, 0.29) is 0 Å². The summed E-state index contributed by atoms with van der Waals surface area (Å²) in [6.45, 7) is 24.5. The van der Waals surface area contributed by atoms with Crippen LogP contribution >= 0.6 is 0 Å². The molecule has 6 rings (SSSR count). The average Bonchev–Trinajstić information content (AvgIpc) is 3.61. The average molecular weight is 543 g/mol. The maximum atomic E-state index is 5.65. The van der Waals surface area contributed by atoms with Crippen LogP contribution in [0.25, 0.3) is 33.1 Å². The molecule has 1 aromatic heterocycles. The molecule has 5 aromatic rings. The molecule has 0 spiro atoms. The number of rotatable bonds is 0. The van der Waals surface area contributed by atoms with E-state index in [1.165, 1.54) is 45.9 Å². The zero-order chi connectivity index (χ0) is 30.8. The second-order valence-corrected chi connectivity index (χ2v) is 8.00. The first-order valence-corrected chi connectivity index (χ1v) is 15.8. The lowest BCUT2D eigenvalue weighted by Crippen LogP contribution is -1.77. The summed E-state index contributed by atoms with van der Waals surface area (Å²) in [6.07, 6.45) is 3.60. The minimum absolute atomic E-state index is 0.962. The Bertz CT molecular complexity index is 1150. The lowest BCUT2D eigenvalue weighted by atomic mass is 10.1. The molecule has 40 heavy (non-hydrogen) atoms. The SMILES string of the molecule is CC.CC.CC.CC.CCC.CCC.c1ccc2c(c1)Cc1ccccc1-2.c1ccc2c(c1)oc1ccccc12. The molecule has 0 bridgehead atoms. The van der Waals surface area contributed by atoms with E-state index in [1.54, 1.807) is 0 Å². The van der Waals surface area contributed by atoms with Gasteiger partial charge in [0.25, 0.3) is 0 Å². The minimum Gasteiger partial charge on any atom is -0.456 e. The van der Waals surface area contributed by atoms with Crippen LogP contribution in [-0.4, -0.2) is 0 Å². The van der Waals surface area contributed by atoms with Crippen molar-refractivity contribution in [2.45, 2.75) is 102 Å². The zero-order valence-corrected chi connectivity index (χ0v) is 27.8. The molecule has 1 nitrogen and oxygen atoms in total. The van der Waals surface area contributed by atoms with Crippen LogP contribution < -0.4 is 0 Å². The Morgan fingerprint density at radius 3 is 1.05 bits per heavy atom. The Balaban J connectivity index is 0. The zero-order valence-electron chi connectivity index (χ0n) is 27.8. The Kier molecular flexibility index (Phi) is 25.2. The second-order valence-electron chi connectivity index (χ2n) is 8.00. The molecule has 0 amide bonds. The van der Waals surface area contributed by atoms with Gasteiger partial charge in [-0.15, -0.1) is 0 Å². The number of para-hydroxylation sites is 2. The molecule has 0 aliphatic heterocycles. The summed E-state index contributed by atoms with van der Waals surface area (Å²) in [4.78, 5) is 0. The second kappa shape index (κ2) is 25.9. The highest BCUT2D eigenvalue weighted by molar-refractivity contribution is 6.04. The summed E-state index contributed by atoms with van der Waals surface area (Å²) < 4.78 is 5.65. The summed E-state index contributed by atoms with van der Waals surface area (Å²) >= 11 is 0. The standard InChI is InChI=1S/C13H10.C12H8O.2C3H8.4C2H6/c1-3-7-12-10(5-1)9-11-6-2-4-8-13(11)12;1-3-7-11-9(5-1)10-6-2-4-8-12(10)13-11;2*1-3-2;4*1-2/h1-8H,9H2;1-8H;2*3H2,1-2H3;4*1-2H3. The maximum Gasteiger partial charge on any atom is 0.135 e. The van der Waals surface area contributed by atoms with Gasteiger partial charge in [0.05, 0.1) is 0 Å². The smallest absolute Gasteiger partial charge is 0.135 e. The Labute approximate surface area is 247 Å². The molecule has 0 saturated carbocycles. The molecule has 0 saturated heterocycles. The fourth-order valence-corrected chi connectivity index (χ4v) is 3.75. The first kappa shape index (κ1) is 38.8. The molecule has 0 atom stereocenters. The van der Waals surface area contributed by atoms with Crippen LogP contribution in [-0.2, 0) is 6.42 Å². The summed E-state index contributed by atoms with van der Waals surface area (Å²) in [5.74, 6) is 0. The highest BCUT2D eigenvalue weighted by Crippen LogP contribution is 2.35. The molecule has 1 aliphatic carbocycles. The maximum absolute atomic E-state index is 5.65. The normalized spacial score (nSPS) is 9.10. The minimum atomic E-state index is 0.962. The fraction of sp³-hybridized carbons (Fsp3) is 0.385. The van der Waals surface area contributed by atoms with E-state index < -0.39 is 0 Å². The van der Waals surface area contributed by atoms with Crippen LogP contribution in [0, 0.1) is 0 Å². The lowest BCUT2D eigenvalue weighted by Gasteiger charge is -1.98. The van der Waals surface area contributed by atoms with Gasteiger partial charge in [-0.3, -0.25) is 0 Å². The first-order chi connectivity index (χ1) is 19.7. The molecule has 0 N–H and O–H groups in total. The molecule has 0 radical (unpaired) electrons. The molecule has 1 aliphatic rings. The van der Waals surface area contributed by atoms with Gasteiger partial charge in [0.2, 0.25) is 0 Å². The number of furan rings is 1. The molecule has 4 aromatic carbocycles. The lowest BCUT2D eigenvalue weighted by molar-refractivity contribution is 0.669. The van der Waals surface area contributed by atoms with E-state index in [4.69, 9.17) is 4.42 Å². The van der Waals surface area contributed by atoms with Crippen molar-refractivity contribution in [2.24, 2.45) is 0 Å². The van der Waals surface area contributed by atoms with E-state index in [2.05, 4.69) is 88.4 Å². The molecular formula is C39H58O. The van der Waals surface area contributed by atoms with Crippen molar-refractivity contribution in [3.63, 3.8) is 0 Å². The Morgan fingerprint density at radius 1 is 0.425 bits per heavy atom. The third-order valence-corrected chi connectivity index (χ3v) is 4.99. The number of benzene rings is 4. The fourth-order valence-electron chi connectivity index (χ4n) is 3.75. The van der Waals surface area contributed by atoms with Crippen LogP contribution in [0.5, 0.6) is 0 Å². The van der Waals surface area contributed by atoms with Crippen molar-refractivity contribution in [1.29, 1.82) is 0 Å². The van der Waals surface area contributed by atoms with Crippen LogP contribution in [0.15, 0.2) is 101 Å². The monoisotopic (exact) mass is 542 g/mol. The molecule has 0 unspecified atom stereocenters. The van der Waals surface area contributed by atoms with E-state index in [9.17, 15) is 0 Å². The highest BCUT2D eigenvalue weighted by atomic mass is 16.3. The summed E-state index contributed by atoms with van der Waals surface area (Å²) in [6, 6.07) is 33.5. The third-order valence-electron chi connectivity index (χ3n) is 4.99. The van der Waals surface area contributed by atoms with Crippen molar-refractivity contribution in [1.82, 2.24) is 0 Å². The highest BCUT2D eigenvalue weighted by Gasteiger charge is 2.15. The van der Waals surface area contributed by atoms with Crippen LogP contribution in [0.1, 0.15) is 107 Å². The van der Waals surface area contributed by atoms with Gasteiger partial charge in [0.1, 0.15) is 11.2 Å². The number of hydrogen-bond donors (Lipinski definition) is 0. The van der Waals surface area contributed by atoms with Gasteiger partial charge in [-0.1, -0.05) is 181 Å². The predicted octanol–water partition coefficient (Wildman–Crippen LogP) is 13.8. The Hall–Kier alpha value is -3.32. The van der Waals surface area contributed by atoms with Crippen molar-refractivity contribution >= 4 is 21.9 Å². The largest absolute Gasteiger partial charge is 0.456 e. The van der Waals surface area contributed by atoms with Gasteiger partial charge in [-0.25, -0.2) is 0 Å². The van der Waals surface area contributed by atoms with E-state index in [0.717, 1.165) is 17.6 Å². The molecule has 1 heteroatoms. The predicted molar refractivity (Wildman–Crippen MR) is 186 cm³/mol. The molecular weight excluding hydrogens is 484 g/mol.